The number of hydrogen-bond donors (Lipinski definition) is 3. The van der Waals surface area contributed by atoms with E-state index >= 15 is 0 Å². The molecule has 0 aliphatic heterocycles. The lowest BCUT2D eigenvalue weighted by Gasteiger charge is -2.16. The summed E-state index contributed by atoms with van der Waals surface area (Å²) >= 11 is 0. The van der Waals surface area contributed by atoms with Gasteiger partial charge in [0.25, 0.3) is 0 Å². The molecule has 0 fully saturated rings. The molecule has 1 rings (SSSR count). The number of carbonyl (C=O) groups excluding carboxylic acids is 1. The highest BCUT2D eigenvalue weighted by Crippen LogP contribution is 2.04. The Bertz CT molecular complexity index is 476. The Morgan fingerprint density at radius 2 is 2.22 bits per heavy atom. The third-order valence-corrected chi connectivity index (χ3v) is 2.27. The van der Waals surface area contributed by atoms with Gasteiger partial charge in [-0.05, 0) is 12.3 Å². The highest BCUT2D eigenvalue weighted by Gasteiger charge is 2.21. The average Bonchev–Trinajstić information content (AvgIpc) is 2.62. The minimum atomic E-state index is -1.09. The van der Waals surface area contributed by atoms with Gasteiger partial charge < -0.3 is 10.4 Å². The van der Waals surface area contributed by atoms with Crippen molar-refractivity contribution in [2.45, 2.75) is 32.9 Å². The van der Waals surface area contributed by atoms with E-state index in [4.69, 9.17) is 5.11 Å². The summed E-state index contributed by atoms with van der Waals surface area (Å²) in [6.45, 7) is 3.47. The third-order valence-electron chi connectivity index (χ3n) is 2.27. The summed E-state index contributed by atoms with van der Waals surface area (Å²) in [7, 11) is 0. The van der Waals surface area contributed by atoms with Gasteiger partial charge >= 0.3 is 11.7 Å². The normalized spacial score (nSPS) is 12.4. The molecule has 1 aromatic rings. The number of nitrogens with one attached hydrogen (secondary N) is 2. The summed E-state index contributed by atoms with van der Waals surface area (Å²) in [6, 6.07) is -0.944. The monoisotopic (exact) mass is 256 g/mol. The van der Waals surface area contributed by atoms with Crippen molar-refractivity contribution < 1.29 is 14.7 Å². The van der Waals surface area contributed by atoms with Crippen molar-refractivity contribution in [1.29, 1.82) is 0 Å². The molecular weight excluding hydrogens is 240 g/mol. The van der Waals surface area contributed by atoms with Crippen LogP contribution < -0.4 is 11.0 Å². The minimum absolute atomic E-state index is 0.142. The van der Waals surface area contributed by atoms with Crippen LogP contribution in [0.3, 0.4) is 0 Å². The molecule has 0 bridgehead atoms. The van der Waals surface area contributed by atoms with Crippen molar-refractivity contribution >= 4 is 11.9 Å². The van der Waals surface area contributed by atoms with E-state index < -0.39 is 23.6 Å². The average molecular weight is 256 g/mol. The van der Waals surface area contributed by atoms with E-state index in [0.29, 0.717) is 6.42 Å². The summed E-state index contributed by atoms with van der Waals surface area (Å²) in [4.78, 5) is 33.6. The molecule has 1 unspecified atom stereocenters. The smallest absolute Gasteiger partial charge is 0.343 e. The van der Waals surface area contributed by atoms with E-state index in [1.165, 1.54) is 6.33 Å². The van der Waals surface area contributed by atoms with Gasteiger partial charge in [-0.15, -0.1) is 0 Å². The van der Waals surface area contributed by atoms with E-state index in [-0.39, 0.29) is 12.5 Å². The van der Waals surface area contributed by atoms with Gasteiger partial charge in [0.15, 0.2) is 0 Å². The first-order chi connectivity index (χ1) is 8.40. The molecule has 8 heteroatoms. The number of nitrogens with zero attached hydrogens (tertiary/aromatic N) is 2. The molecule has 18 heavy (non-hydrogen) atoms. The number of aromatic amines is 1. The largest absolute Gasteiger partial charge is 0.480 e. The zero-order chi connectivity index (χ0) is 13.7. The van der Waals surface area contributed by atoms with Gasteiger partial charge in [0, 0.05) is 0 Å². The van der Waals surface area contributed by atoms with Crippen LogP contribution in [-0.2, 0) is 16.1 Å². The van der Waals surface area contributed by atoms with Crippen LogP contribution in [-0.4, -0.2) is 37.8 Å². The Balaban J connectivity index is 2.59. The lowest BCUT2D eigenvalue weighted by atomic mass is 10.0. The molecule has 0 saturated carbocycles. The maximum absolute atomic E-state index is 11.6. The number of aromatic nitrogens is 3. The van der Waals surface area contributed by atoms with E-state index in [9.17, 15) is 14.4 Å². The molecule has 8 nitrogen and oxygen atoms in total. The van der Waals surface area contributed by atoms with Gasteiger partial charge in [0.05, 0.1) is 0 Å². The topological polar surface area (TPSA) is 117 Å². The van der Waals surface area contributed by atoms with Crippen LogP contribution in [0.2, 0.25) is 0 Å². The van der Waals surface area contributed by atoms with Crippen molar-refractivity contribution in [3.8, 4) is 0 Å². The molecule has 1 heterocycles. The van der Waals surface area contributed by atoms with Gasteiger partial charge in [-0.3, -0.25) is 9.36 Å². The predicted octanol–water partition coefficient (Wildman–Crippen LogP) is -0.813. The molecule has 100 valence electrons. The van der Waals surface area contributed by atoms with Crippen LogP contribution in [0, 0.1) is 5.92 Å². The highest BCUT2D eigenvalue weighted by molar-refractivity contribution is 5.83. The van der Waals surface area contributed by atoms with E-state index in [0.717, 1.165) is 4.57 Å². The Kier molecular flexibility index (Phi) is 4.64. The molecule has 0 saturated heterocycles. The fraction of sp³-hybridized carbons (Fsp3) is 0.600. The van der Waals surface area contributed by atoms with E-state index in [2.05, 4.69) is 15.5 Å². The Hall–Kier alpha value is -2.12. The van der Waals surface area contributed by atoms with Crippen molar-refractivity contribution in [1.82, 2.24) is 20.1 Å². The maximum atomic E-state index is 11.6. The zero-order valence-corrected chi connectivity index (χ0v) is 10.2. The number of amides is 1. The molecule has 3 N–H and O–H groups in total. The van der Waals surface area contributed by atoms with Crippen molar-refractivity contribution in [2.24, 2.45) is 5.92 Å². The van der Waals surface area contributed by atoms with Crippen molar-refractivity contribution in [3.63, 3.8) is 0 Å². The molecule has 0 aromatic carbocycles. The lowest BCUT2D eigenvalue weighted by Crippen LogP contribution is -2.43. The summed E-state index contributed by atoms with van der Waals surface area (Å²) in [5.41, 5.74) is -0.513. The van der Waals surface area contributed by atoms with Gasteiger partial charge in [-0.2, -0.15) is 5.10 Å². The van der Waals surface area contributed by atoms with Crippen LogP contribution in [0.4, 0.5) is 0 Å². The Morgan fingerprint density at radius 1 is 1.56 bits per heavy atom. The predicted molar refractivity (Wildman–Crippen MR) is 61.9 cm³/mol. The van der Waals surface area contributed by atoms with Gasteiger partial charge in [0.1, 0.15) is 18.9 Å². The number of carbonyl (C=O) groups is 2. The van der Waals surface area contributed by atoms with Crippen molar-refractivity contribution in [2.75, 3.05) is 0 Å². The molecular formula is C10H16N4O4. The van der Waals surface area contributed by atoms with Gasteiger partial charge in [-0.1, -0.05) is 13.8 Å². The Labute approximate surface area is 103 Å². The summed E-state index contributed by atoms with van der Waals surface area (Å²) in [5, 5.41) is 16.9. The summed E-state index contributed by atoms with van der Waals surface area (Å²) < 4.78 is 1.06. The fourth-order valence-corrected chi connectivity index (χ4v) is 1.47. The van der Waals surface area contributed by atoms with Crippen LogP contribution in [0.5, 0.6) is 0 Å². The third kappa shape index (κ3) is 4.04. The van der Waals surface area contributed by atoms with Gasteiger partial charge in [-0.25, -0.2) is 14.7 Å². The molecule has 0 aliphatic rings. The summed E-state index contributed by atoms with van der Waals surface area (Å²) in [6.07, 6.45) is 1.52. The number of rotatable bonds is 6. The number of aliphatic carboxylic acids is 1. The van der Waals surface area contributed by atoms with Crippen LogP contribution in [0.25, 0.3) is 0 Å². The molecule has 1 atom stereocenters. The number of hydrogen-bond acceptors (Lipinski definition) is 4. The molecule has 1 aromatic heterocycles. The van der Waals surface area contributed by atoms with Crippen LogP contribution in [0.1, 0.15) is 20.3 Å². The molecule has 0 radical (unpaired) electrons. The highest BCUT2D eigenvalue weighted by atomic mass is 16.4. The molecule has 1 amide bonds. The van der Waals surface area contributed by atoms with E-state index in [1.54, 1.807) is 0 Å². The first kappa shape index (κ1) is 13.9. The minimum Gasteiger partial charge on any atom is -0.480 e. The standard InChI is InChI=1S/C10H16N4O4/c1-6(2)3-7(9(16)17)12-8(15)4-14-5-11-13-10(14)18/h5-7H,3-4H2,1-2H3,(H,12,15)(H,13,18)(H,16,17). The number of carboxylic acid groups (broad SMARTS) is 1. The molecule has 0 aliphatic carbocycles. The van der Waals surface area contributed by atoms with Crippen LogP contribution >= 0.6 is 0 Å². The second kappa shape index (κ2) is 5.99. The quantitative estimate of drug-likeness (QED) is 0.615. The lowest BCUT2D eigenvalue weighted by molar-refractivity contribution is -0.142. The van der Waals surface area contributed by atoms with E-state index in [1.807, 2.05) is 13.8 Å². The zero-order valence-electron chi connectivity index (χ0n) is 10.2. The van der Waals surface area contributed by atoms with Crippen molar-refractivity contribution in [3.05, 3.63) is 16.8 Å². The maximum Gasteiger partial charge on any atom is 0.343 e. The summed E-state index contributed by atoms with van der Waals surface area (Å²) in [5.74, 6) is -1.48. The molecule has 0 spiro atoms. The SMILES string of the molecule is CC(C)CC(NC(=O)Cn1cn[nH]c1=O)C(=O)O. The number of H-pyrrole nitrogens is 1. The Morgan fingerprint density at radius 3 is 2.67 bits per heavy atom. The fourth-order valence-electron chi connectivity index (χ4n) is 1.47. The first-order valence-corrected chi connectivity index (χ1v) is 5.52. The van der Waals surface area contributed by atoms with Crippen LogP contribution in [0.15, 0.2) is 11.1 Å². The first-order valence-electron chi connectivity index (χ1n) is 5.52. The van der Waals surface area contributed by atoms with Gasteiger partial charge in [0.2, 0.25) is 5.91 Å². The second-order valence-corrected chi connectivity index (χ2v) is 4.38. The number of carboxylic acids is 1. The second-order valence-electron chi connectivity index (χ2n) is 4.38.